The van der Waals surface area contributed by atoms with Crippen LogP contribution in [0.15, 0.2) is 18.2 Å². The molecule has 0 aliphatic rings. The minimum atomic E-state index is -0.708. The van der Waals surface area contributed by atoms with Crippen molar-refractivity contribution in [3.8, 4) is 5.75 Å². The number of hydrogen-bond acceptors (Lipinski definition) is 2. The zero-order valence-corrected chi connectivity index (χ0v) is 7.26. The summed E-state index contributed by atoms with van der Waals surface area (Å²) in [4.78, 5) is 0. The summed E-state index contributed by atoms with van der Waals surface area (Å²) in [6.07, 6.45) is -0.278. The SMILES string of the molecule is CC(CN)Oc1ccc(F)cc1F. The second-order valence-corrected chi connectivity index (χ2v) is 2.74. The Kier molecular flexibility index (Phi) is 3.19. The van der Waals surface area contributed by atoms with E-state index in [1.165, 1.54) is 6.07 Å². The molecule has 0 bridgehead atoms. The van der Waals surface area contributed by atoms with Crippen LogP contribution < -0.4 is 10.5 Å². The summed E-state index contributed by atoms with van der Waals surface area (Å²) in [6.45, 7) is 2.00. The molecule has 0 saturated carbocycles. The van der Waals surface area contributed by atoms with E-state index in [2.05, 4.69) is 0 Å². The summed E-state index contributed by atoms with van der Waals surface area (Å²) in [5.41, 5.74) is 5.28. The van der Waals surface area contributed by atoms with E-state index in [0.717, 1.165) is 12.1 Å². The van der Waals surface area contributed by atoms with Crippen LogP contribution in [0.2, 0.25) is 0 Å². The largest absolute Gasteiger partial charge is 0.486 e. The molecule has 0 fully saturated rings. The van der Waals surface area contributed by atoms with Crippen molar-refractivity contribution in [3.05, 3.63) is 29.8 Å². The van der Waals surface area contributed by atoms with E-state index in [0.29, 0.717) is 0 Å². The number of nitrogens with two attached hydrogens (primary N) is 1. The van der Waals surface area contributed by atoms with Crippen LogP contribution in [-0.4, -0.2) is 12.6 Å². The fourth-order valence-electron chi connectivity index (χ4n) is 0.836. The molecule has 1 unspecified atom stereocenters. The van der Waals surface area contributed by atoms with E-state index in [9.17, 15) is 8.78 Å². The normalized spacial score (nSPS) is 12.6. The Morgan fingerprint density at radius 2 is 2.15 bits per heavy atom. The Balaban J connectivity index is 2.77. The highest BCUT2D eigenvalue weighted by atomic mass is 19.1. The lowest BCUT2D eigenvalue weighted by atomic mass is 10.3. The van der Waals surface area contributed by atoms with Crippen molar-refractivity contribution in [2.45, 2.75) is 13.0 Å². The molecule has 0 aliphatic heterocycles. The first-order valence-corrected chi connectivity index (χ1v) is 3.95. The van der Waals surface area contributed by atoms with Gasteiger partial charge in [0.2, 0.25) is 0 Å². The van der Waals surface area contributed by atoms with Gasteiger partial charge in [-0.3, -0.25) is 0 Å². The lowest BCUT2D eigenvalue weighted by Crippen LogP contribution is -2.23. The van der Waals surface area contributed by atoms with Crippen molar-refractivity contribution < 1.29 is 13.5 Å². The molecule has 1 atom stereocenters. The predicted octanol–water partition coefficient (Wildman–Crippen LogP) is 1.69. The van der Waals surface area contributed by atoms with Gasteiger partial charge in [-0.15, -0.1) is 0 Å². The van der Waals surface area contributed by atoms with Crippen molar-refractivity contribution in [2.75, 3.05) is 6.54 Å². The molecule has 2 nitrogen and oxygen atoms in total. The van der Waals surface area contributed by atoms with Gasteiger partial charge in [0.15, 0.2) is 11.6 Å². The smallest absolute Gasteiger partial charge is 0.167 e. The van der Waals surface area contributed by atoms with Crippen molar-refractivity contribution in [1.29, 1.82) is 0 Å². The average Bonchev–Trinajstić information content (AvgIpc) is 2.09. The van der Waals surface area contributed by atoms with Gasteiger partial charge >= 0.3 is 0 Å². The van der Waals surface area contributed by atoms with Gasteiger partial charge in [0.1, 0.15) is 11.9 Å². The van der Waals surface area contributed by atoms with Crippen LogP contribution in [0.1, 0.15) is 6.92 Å². The minimum absolute atomic E-state index is 0.0272. The van der Waals surface area contributed by atoms with E-state index >= 15 is 0 Å². The molecule has 13 heavy (non-hydrogen) atoms. The molecule has 1 rings (SSSR count). The van der Waals surface area contributed by atoms with E-state index < -0.39 is 11.6 Å². The summed E-state index contributed by atoms with van der Waals surface area (Å²) >= 11 is 0. The van der Waals surface area contributed by atoms with E-state index in [-0.39, 0.29) is 18.4 Å². The Bertz CT molecular complexity index is 291. The van der Waals surface area contributed by atoms with Crippen LogP contribution in [0, 0.1) is 11.6 Å². The predicted molar refractivity (Wildman–Crippen MR) is 45.5 cm³/mol. The fourth-order valence-corrected chi connectivity index (χ4v) is 0.836. The molecular formula is C9H11F2NO. The second-order valence-electron chi connectivity index (χ2n) is 2.74. The van der Waals surface area contributed by atoms with Gasteiger partial charge in [-0.05, 0) is 19.1 Å². The van der Waals surface area contributed by atoms with Gasteiger partial charge in [-0.1, -0.05) is 0 Å². The third kappa shape index (κ3) is 2.66. The van der Waals surface area contributed by atoms with Crippen LogP contribution in [0.25, 0.3) is 0 Å². The summed E-state index contributed by atoms with van der Waals surface area (Å²) in [7, 11) is 0. The molecule has 0 amide bonds. The Labute approximate surface area is 75.3 Å². The maximum absolute atomic E-state index is 12.9. The first-order valence-electron chi connectivity index (χ1n) is 3.95. The van der Waals surface area contributed by atoms with E-state index in [1.54, 1.807) is 6.92 Å². The molecule has 1 aromatic carbocycles. The highest BCUT2D eigenvalue weighted by Crippen LogP contribution is 2.18. The van der Waals surface area contributed by atoms with E-state index in [1.807, 2.05) is 0 Å². The summed E-state index contributed by atoms with van der Waals surface area (Å²) in [5.74, 6) is -1.30. The number of benzene rings is 1. The molecule has 72 valence electrons. The maximum atomic E-state index is 12.9. The van der Waals surface area contributed by atoms with E-state index in [4.69, 9.17) is 10.5 Å². The molecule has 0 aromatic heterocycles. The molecule has 4 heteroatoms. The minimum Gasteiger partial charge on any atom is -0.486 e. The average molecular weight is 187 g/mol. The van der Waals surface area contributed by atoms with Crippen LogP contribution in [0.4, 0.5) is 8.78 Å². The van der Waals surface area contributed by atoms with Gasteiger partial charge in [0.05, 0.1) is 0 Å². The Morgan fingerprint density at radius 1 is 1.46 bits per heavy atom. The molecule has 0 radical (unpaired) electrons. The van der Waals surface area contributed by atoms with Gasteiger partial charge in [0, 0.05) is 12.6 Å². The molecular weight excluding hydrogens is 176 g/mol. The van der Waals surface area contributed by atoms with Crippen molar-refractivity contribution in [3.63, 3.8) is 0 Å². The number of hydrogen-bond donors (Lipinski definition) is 1. The monoisotopic (exact) mass is 187 g/mol. The van der Waals surface area contributed by atoms with Crippen LogP contribution in [0.3, 0.4) is 0 Å². The molecule has 0 heterocycles. The van der Waals surface area contributed by atoms with Crippen LogP contribution >= 0.6 is 0 Å². The zero-order chi connectivity index (χ0) is 9.84. The highest BCUT2D eigenvalue weighted by Gasteiger charge is 2.07. The topological polar surface area (TPSA) is 35.2 Å². The van der Waals surface area contributed by atoms with Gasteiger partial charge in [0.25, 0.3) is 0 Å². The third-order valence-electron chi connectivity index (χ3n) is 1.55. The van der Waals surface area contributed by atoms with Crippen molar-refractivity contribution >= 4 is 0 Å². The Hall–Kier alpha value is -1.16. The number of ether oxygens (including phenoxy) is 1. The van der Waals surface area contributed by atoms with Gasteiger partial charge in [-0.2, -0.15) is 0 Å². The molecule has 0 saturated heterocycles. The molecule has 0 spiro atoms. The third-order valence-corrected chi connectivity index (χ3v) is 1.55. The first-order chi connectivity index (χ1) is 6.13. The molecule has 1 aromatic rings. The van der Waals surface area contributed by atoms with Crippen LogP contribution in [0.5, 0.6) is 5.75 Å². The lowest BCUT2D eigenvalue weighted by Gasteiger charge is -2.12. The van der Waals surface area contributed by atoms with Gasteiger partial charge < -0.3 is 10.5 Å². The lowest BCUT2D eigenvalue weighted by molar-refractivity contribution is 0.219. The Morgan fingerprint density at radius 3 is 2.69 bits per heavy atom. The number of halogens is 2. The summed E-state index contributed by atoms with van der Waals surface area (Å²) < 4.78 is 30.5. The van der Waals surface area contributed by atoms with Gasteiger partial charge in [-0.25, -0.2) is 8.78 Å². The fraction of sp³-hybridized carbons (Fsp3) is 0.333. The summed E-state index contributed by atoms with van der Waals surface area (Å²) in [6, 6.07) is 3.16. The summed E-state index contributed by atoms with van der Waals surface area (Å²) in [5, 5.41) is 0. The zero-order valence-electron chi connectivity index (χ0n) is 7.26. The second kappa shape index (κ2) is 4.18. The van der Waals surface area contributed by atoms with Crippen molar-refractivity contribution in [1.82, 2.24) is 0 Å². The quantitative estimate of drug-likeness (QED) is 0.781. The molecule has 0 aliphatic carbocycles. The molecule has 2 N–H and O–H groups in total. The highest BCUT2D eigenvalue weighted by molar-refractivity contribution is 5.24. The van der Waals surface area contributed by atoms with Crippen LogP contribution in [-0.2, 0) is 0 Å². The standard InChI is InChI=1S/C9H11F2NO/c1-6(5-12)13-9-3-2-7(10)4-8(9)11/h2-4,6H,5,12H2,1H3. The first kappa shape index (κ1) is 9.92. The maximum Gasteiger partial charge on any atom is 0.167 e. The number of rotatable bonds is 3. The van der Waals surface area contributed by atoms with Crippen molar-refractivity contribution in [2.24, 2.45) is 5.73 Å².